The van der Waals surface area contributed by atoms with E-state index in [1.165, 1.54) is 32.1 Å². The van der Waals surface area contributed by atoms with Crippen LogP contribution >= 0.6 is 0 Å². The van der Waals surface area contributed by atoms with E-state index in [1.54, 1.807) is 0 Å². The van der Waals surface area contributed by atoms with Crippen molar-refractivity contribution in [2.75, 3.05) is 13.1 Å². The van der Waals surface area contributed by atoms with Gasteiger partial charge >= 0.3 is 6.09 Å². The molecule has 2 N–H and O–H groups in total. The summed E-state index contributed by atoms with van der Waals surface area (Å²) in [5, 5.41) is 6.49. The van der Waals surface area contributed by atoms with Crippen LogP contribution in [0.3, 0.4) is 0 Å². The topological polar surface area (TPSA) is 70.7 Å². The molecule has 1 heterocycles. The summed E-state index contributed by atoms with van der Waals surface area (Å²) in [6.07, 6.45) is 8.24. The van der Waals surface area contributed by atoms with Crippen LogP contribution in [0, 0.1) is 23.7 Å². The third-order valence-corrected chi connectivity index (χ3v) is 7.64. The molecule has 6 nitrogen and oxygen atoms in total. The van der Waals surface area contributed by atoms with E-state index in [0.717, 1.165) is 31.2 Å². The van der Waals surface area contributed by atoms with Gasteiger partial charge in [0.25, 0.3) is 0 Å². The van der Waals surface area contributed by atoms with Crippen molar-refractivity contribution in [1.29, 1.82) is 0 Å². The largest absolute Gasteiger partial charge is 0.444 e. The zero-order chi connectivity index (χ0) is 21.7. The first kappa shape index (κ1) is 21.9. The summed E-state index contributed by atoms with van der Waals surface area (Å²) in [5.74, 6) is 3.44. The molecule has 0 aromatic carbocycles. The van der Waals surface area contributed by atoms with Crippen molar-refractivity contribution in [3.63, 3.8) is 0 Å². The van der Waals surface area contributed by atoms with Gasteiger partial charge in [0.15, 0.2) is 0 Å². The minimum Gasteiger partial charge on any atom is -0.444 e. The van der Waals surface area contributed by atoms with Gasteiger partial charge in [0.05, 0.1) is 11.6 Å². The maximum absolute atomic E-state index is 13.3. The molecule has 1 saturated heterocycles. The summed E-state index contributed by atoms with van der Waals surface area (Å²) in [7, 11) is 0. The van der Waals surface area contributed by atoms with Crippen molar-refractivity contribution in [1.82, 2.24) is 15.5 Å². The molecule has 4 bridgehead atoms. The Kier molecular flexibility index (Phi) is 5.84. The van der Waals surface area contributed by atoms with Crippen molar-refractivity contribution in [2.24, 2.45) is 23.7 Å². The van der Waals surface area contributed by atoms with Gasteiger partial charge in [-0.1, -0.05) is 0 Å². The zero-order valence-electron chi connectivity index (χ0n) is 19.5. The molecule has 5 fully saturated rings. The van der Waals surface area contributed by atoms with Gasteiger partial charge in [0.2, 0.25) is 5.91 Å². The van der Waals surface area contributed by atoms with E-state index in [-0.39, 0.29) is 11.9 Å². The molecule has 0 radical (unpaired) electrons. The summed E-state index contributed by atoms with van der Waals surface area (Å²) >= 11 is 0. The second-order valence-corrected chi connectivity index (χ2v) is 12.1. The third-order valence-electron chi connectivity index (χ3n) is 7.64. The third kappa shape index (κ3) is 4.95. The van der Waals surface area contributed by atoms with E-state index >= 15 is 0 Å². The number of carbonyl (C=O) groups is 2. The molecule has 1 aliphatic heterocycles. The Bertz CT molecular complexity index is 641. The minimum atomic E-state index is -0.519. The predicted octanol–water partition coefficient (Wildman–Crippen LogP) is 3.70. The Hall–Kier alpha value is -1.30. The average molecular weight is 420 g/mol. The summed E-state index contributed by atoms with van der Waals surface area (Å²) in [4.78, 5) is 27.8. The van der Waals surface area contributed by atoms with Crippen molar-refractivity contribution in [3.05, 3.63) is 0 Å². The van der Waals surface area contributed by atoms with Crippen LogP contribution in [-0.2, 0) is 9.53 Å². The lowest BCUT2D eigenvalue weighted by Crippen LogP contribution is -2.59. The highest BCUT2D eigenvalue weighted by atomic mass is 16.6. The normalized spacial score (nSPS) is 36.0. The quantitative estimate of drug-likeness (QED) is 0.713. The molecule has 5 aliphatic rings. The highest BCUT2D eigenvalue weighted by molar-refractivity contribution is 5.82. The second kappa shape index (κ2) is 7.99. The Balaban J connectivity index is 1.33. The van der Waals surface area contributed by atoms with Crippen LogP contribution in [0.5, 0.6) is 0 Å². The van der Waals surface area contributed by atoms with E-state index in [9.17, 15) is 9.59 Å². The molecular weight excluding hydrogens is 378 g/mol. The maximum Gasteiger partial charge on any atom is 0.408 e. The van der Waals surface area contributed by atoms with Crippen LogP contribution in [0.1, 0.15) is 79.6 Å². The van der Waals surface area contributed by atoms with E-state index in [4.69, 9.17) is 4.74 Å². The van der Waals surface area contributed by atoms with Gasteiger partial charge < -0.3 is 15.4 Å². The Morgan fingerprint density at radius 3 is 2.13 bits per heavy atom. The van der Waals surface area contributed by atoms with Crippen LogP contribution in [0.2, 0.25) is 0 Å². The highest BCUT2D eigenvalue weighted by Gasteiger charge is 2.49. The molecule has 0 aromatic rings. The summed E-state index contributed by atoms with van der Waals surface area (Å²) in [6.45, 7) is 11.1. The van der Waals surface area contributed by atoms with Crippen LogP contribution in [-0.4, -0.2) is 53.2 Å². The number of nitrogens with zero attached hydrogens (tertiary/aromatic N) is 1. The highest BCUT2D eigenvalue weighted by Crippen LogP contribution is 2.53. The first-order chi connectivity index (χ1) is 14.0. The molecule has 170 valence electrons. The van der Waals surface area contributed by atoms with Crippen molar-refractivity contribution in [2.45, 2.75) is 103 Å². The summed E-state index contributed by atoms with van der Waals surface area (Å²) in [5.41, 5.74) is -0.983. The lowest BCUT2D eigenvalue weighted by molar-refractivity contribution is -0.129. The molecular formula is C24H41N3O3. The molecule has 30 heavy (non-hydrogen) atoms. The second-order valence-electron chi connectivity index (χ2n) is 12.1. The smallest absolute Gasteiger partial charge is 0.408 e. The van der Waals surface area contributed by atoms with Gasteiger partial charge in [0, 0.05) is 12.6 Å². The van der Waals surface area contributed by atoms with Gasteiger partial charge in [-0.25, -0.2) is 4.79 Å². The summed E-state index contributed by atoms with van der Waals surface area (Å²) in [6, 6.07) is 0.308. The number of alkyl carbamates (subject to hydrolysis) is 1. The van der Waals surface area contributed by atoms with E-state index < -0.39 is 17.2 Å². The minimum absolute atomic E-state index is 0.0816. The SMILES string of the molecule is CC(C)(CN1CCC[C@H]1C(=O)NC1C2CC3CC(C2)CC1C3)NC(=O)OC(C)(C)C. The standard InChI is InChI=1S/C24H41N3O3/c1-23(2,3)30-22(29)26-24(4,5)14-27-8-6-7-19(27)21(28)25-20-17-10-15-9-16(12-17)13-18(20)11-15/h15-20H,6-14H2,1-5H3,(H,25,28)(H,26,29)/t15?,16?,17?,18?,19-,20?/m0/s1. The molecule has 1 atom stereocenters. The predicted molar refractivity (Wildman–Crippen MR) is 117 cm³/mol. The van der Waals surface area contributed by atoms with E-state index in [0.29, 0.717) is 24.4 Å². The molecule has 2 amide bonds. The Morgan fingerprint density at radius 2 is 1.57 bits per heavy atom. The van der Waals surface area contributed by atoms with Gasteiger partial charge in [-0.15, -0.1) is 0 Å². The Labute approximate surface area is 181 Å². The fraction of sp³-hybridized carbons (Fsp3) is 0.917. The molecule has 0 unspecified atom stereocenters. The number of likely N-dealkylation sites (tertiary alicyclic amines) is 1. The fourth-order valence-electron chi connectivity index (χ4n) is 6.86. The van der Waals surface area contributed by atoms with Crippen LogP contribution < -0.4 is 10.6 Å². The number of amides is 2. The van der Waals surface area contributed by atoms with Crippen LogP contribution in [0.15, 0.2) is 0 Å². The molecule has 0 spiro atoms. The van der Waals surface area contributed by atoms with Crippen molar-refractivity contribution >= 4 is 12.0 Å². The van der Waals surface area contributed by atoms with E-state index in [1.807, 2.05) is 34.6 Å². The monoisotopic (exact) mass is 419 g/mol. The number of carbonyl (C=O) groups excluding carboxylic acids is 2. The maximum atomic E-state index is 13.3. The lowest BCUT2D eigenvalue weighted by atomic mass is 9.54. The number of hydrogen-bond donors (Lipinski definition) is 2. The van der Waals surface area contributed by atoms with Crippen LogP contribution in [0.4, 0.5) is 4.79 Å². The van der Waals surface area contributed by atoms with Crippen LogP contribution in [0.25, 0.3) is 0 Å². The zero-order valence-corrected chi connectivity index (χ0v) is 19.5. The van der Waals surface area contributed by atoms with Gasteiger partial charge in [-0.2, -0.15) is 0 Å². The number of ether oxygens (including phenoxy) is 1. The number of rotatable bonds is 5. The number of nitrogens with one attached hydrogen (secondary N) is 2. The van der Waals surface area contributed by atoms with E-state index in [2.05, 4.69) is 15.5 Å². The first-order valence-corrected chi connectivity index (χ1v) is 12.0. The summed E-state index contributed by atoms with van der Waals surface area (Å²) < 4.78 is 5.42. The van der Waals surface area contributed by atoms with Gasteiger partial charge in [-0.3, -0.25) is 9.69 Å². The van der Waals surface area contributed by atoms with Crippen molar-refractivity contribution < 1.29 is 14.3 Å². The van der Waals surface area contributed by atoms with Gasteiger partial charge in [0.1, 0.15) is 5.60 Å². The van der Waals surface area contributed by atoms with Crippen molar-refractivity contribution in [3.8, 4) is 0 Å². The van der Waals surface area contributed by atoms with Gasteiger partial charge in [-0.05, 0) is 110 Å². The Morgan fingerprint density at radius 1 is 0.967 bits per heavy atom. The molecule has 4 saturated carbocycles. The molecule has 0 aromatic heterocycles. The lowest BCUT2D eigenvalue weighted by Gasteiger charge is -2.54. The first-order valence-electron chi connectivity index (χ1n) is 12.0. The molecule has 6 heteroatoms. The molecule has 4 aliphatic carbocycles. The average Bonchev–Trinajstić information content (AvgIpc) is 3.02. The molecule has 5 rings (SSSR count). The number of hydrogen-bond acceptors (Lipinski definition) is 4. The fourth-order valence-corrected chi connectivity index (χ4v) is 6.86.